The van der Waals surface area contributed by atoms with Crippen molar-refractivity contribution < 1.29 is 4.86 Å². The summed E-state index contributed by atoms with van der Waals surface area (Å²) in [7, 11) is 1.33. The van der Waals surface area contributed by atoms with Crippen molar-refractivity contribution in [3.63, 3.8) is 0 Å². The summed E-state index contributed by atoms with van der Waals surface area (Å²) in [5, 5.41) is 14.1. The van der Waals surface area contributed by atoms with Gasteiger partial charge in [-0.25, -0.2) is 0 Å². The van der Waals surface area contributed by atoms with Crippen LogP contribution in [-0.2, 0) is 0 Å². The predicted molar refractivity (Wildman–Crippen MR) is 51.5 cm³/mol. The maximum absolute atomic E-state index is 10.5. The lowest BCUT2D eigenvalue weighted by Gasteiger charge is -2.03. The molecule has 4 nitrogen and oxygen atoms in total. The number of anilines is 1. The second-order valence-electron chi connectivity index (χ2n) is 2.94. The molecule has 0 heterocycles. The average Bonchev–Trinajstić information content (AvgIpc) is 2.03. The first kappa shape index (κ1) is 9.51. The van der Waals surface area contributed by atoms with Crippen LogP contribution in [0.15, 0.2) is 23.4 Å². The van der Waals surface area contributed by atoms with E-state index in [0.717, 1.165) is 16.8 Å². The molecule has 0 amide bonds. The Morgan fingerprint density at radius 3 is 2.31 bits per heavy atom. The highest BCUT2D eigenvalue weighted by Gasteiger charge is 2.04. The number of hydrogen-bond acceptors (Lipinski definition) is 2. The van der Waals surface area contributed by atoms with Crippen LogP contribution >= 0.6 is 0 Å². The highest BCUT2D eigenvalue weighted by atomic mass is 16.5. The molecule has 0 spiro atoms. The van der Waals surface area contributed by atoms with Crippen molar-refractivity contribution in [2.45, 2.75) is 13.8 Å². The summed E-state index contributed by atoms with van der Waals surface area (Å²) < 4.78 is 0. The summed E-state index contributed by atoms with van der Waals surface area (Å²) >= 11 is 0. The Morgan fingerprint density at radius 2 is 1.85 bits per heavy atom. The lowest BCUT2D eigenvalue weighted by molar-refractivity contribution is -0.497. The zero-order valence-corrected chi connectivity index (χ0v) is 8.03. The third kappa shape index (κ3) is 2.43. The molecule has 0 unspecified atom stereocenters. The zero-order chi connectivity index (χ0) is 9.84. The van der Waals surface area contributed by atoms with Gasteiger partial charge in [-0.15, -0.1) is 5.43 Å². The van der Waals surface area contributed by atoms with E-state index in [1.165, 1.54) is 7.05 Å². The number of nitrogens with zero attached hydrogens (tertiary/aromatic N) is 2. The van der Waals surface area contributed by atoms with Gasteiger partial charge in [0.05, 0.1) is 5.22 Å². The van der Waals surface area contributed by atoms with Crippen LogP contribution in [0.4, 0.5) is 5.69 Å². The normalized spacial score (nSPS) is 11.5. The van der Waals surface area contributed by atoms with Gasteiger partial charge in [-0.3, -0.25) is 0 Å². The smallest absolute Gasteiger partial charge is 0.152 e. The molecule has 0 aromatic heterocycles. The van der Waals surface area contributed by atoms with Crippen LogP contribution in [0.2, 0.25) is 0 Å². The van der Waals surface area contributed by atoms with Crippen molar-refractivity contribution in [2.24, 2.45) is 5.22 Å². The first-order chi connectivity index (χ1) is 6.11. The molecular weight excluding hydrogens is 166 g/mol. The molecule has 13 heavy (non-hydrogen) atoms. The molecule has 0 radical (unpaired) electrons. The molecule has 1 aromatic rings. The number of para-hydroxylation sites is 1. The summed E-state index contributed by atoms with van der Waals surface area (Å²) in [6.07, 6.45) is 0. The first-order valence-electron chi connectivity index (χ1n) is 4.05. The van der Waals surface area contributed by atoms with Crippen molar-refractivity contribution in [3.05, 3.63) is 34.5 Å². The monoisotopic (exact) mass is 179 g/mol. The third-order valence-corrected chi connectivity index (χ3v) is 1.78. The fourth-order valence-electron chi connectivity index (χ4n) is 1.11. The van der Waals surface area contributed by atoms with E-state index in [1.54, 1.807) is 0 Å². The molecule has 0 saturated carbocycles. The van der Waals surface area contributed by atoms with E-state index in [-0.39, 0.29) is 0 Å². The number of rotatable bonds is 2. The van der Waals surface area contributed by atoms with Gasteiger partial charge < -0.3 is 5.21 Å². The van der Waals surface area contributed by atoms with Gasteiger partial charge in [0.15, 0.2) is 5.69 Å². The molecule has 1 aromatic carbocycles. The predicted octanol–water partition coefficient (Wildman–Crippen LogP) is 2.22. The van der Waals surface area contributed by atoms with Gasteiger partial charge in [0.25, 0.3) is 0 Å². The van der Waals surface area contributed by atoms with Crippen LogP contribution in [0, 0.1) is 19.1 Å². The van der Waals surface area contributed by atoms with Crippen LogP contribution < -0.4 is 5.43 Å². The Labute approximate surface area is 77.5 Å². The van der Waals surface area contributed by atoms with Crippen LogP contribution in [0.25, 0.3) is 0 Å². The Kier molecular flexibility index (Phi) is 2.84. The summed E-state index contributed by atoms with van der Waals surface area (Å²) in [6, 6.07) is 5.90. The van der Waals surface area contributed by atoms with Crippen molar-refractivity contribution in [3.8, 4) is 0 Å². The largest absolute Gasteiger partial charge is 0.696 e. The molecule has 1 rings (SSSR count). The highest BCUT2D eigenvalue weighted by Crippen LogP contribution is 2.18. The lowest BCUT2D eigenvalue weighted by Crippen LogP contribution is -1.99. The van der Waals surface area contributed by atoms with Crippen LogP contribution in [0.3, 0.4) is 0 Å². The van der Waals surface area contributed by atoms with Gasteiger partial charge in [-0.1, -0.05) is 18.2 Å². The molecule has 0 aliphatic carbocycles. The molecular formula is C9H13N3O. The van der Waals surface area contributed by atoms with Gasteiger partial charge in [0.1, 0.15) is 7.05 Å². The third-order valence-electron chi connectivity index (χ3n) is 1.78. The van der Waals surface area contributed by atoms with Gasteiger partial charge in [0, 0.05) is 0 Å². The zero-order valence-electron chi connectivity index (χ0n) is 8.03. The molecule has 0 atom stereocenters. The van der Waals surface area contributed by atoms with Crippen LogP contribution in [0.1, 0.15) is 11.1 Å². The minimum absolute atomic E-state index is 0.492. The Hall–Kier alpha value is -1.58. The van der Waals surface area contributed by atoms with E-state index in [0.29, 0.717) is 4.86 Å². The Morgan fingerprint density at radius 1 is 1.31 bits per heavy atom. The molecule has 0 aliphatic rings. The van der Waals surface area contributed by atoms with E-state index >= 15 is 0 Å². The highest BCUT2D eigenvalue weighted by molar-refractivity contribution is 5.55. The van der Waals surface area contributed by atoms with Gasteiger partial charge in [-0.05, 0) is 25.0 Å². The van der Waals surface area contributed by atoms with Crippen molar-refractivity contribution >= 4 is 5.69 Å². The van der Waals surface area contributed by atoms with E-state index in [1.807, 2.05) is 32.0 Å². The van der Waals surface area contributed by atoms with Gasteiger partial charge in [-0.2, -0.15) is 4.86 Å². The molecule has 0 fully saturated rings. The Bertz CT molecular complexity index is 309. The number of hydrogen-bond donors (Lipinski definition) is 1. The average molecular weight is 179 g/mol. The molecule has 0 saturated heterocycles. The number of hydroxylamine groups is 1. The van der Waals surface area contributed by atoms with E-state index in [2.05, 4.69) is 10.6 Å². The molecule has 0 aliphatic heterocycles. The Balaban J connectivity index is 2.94. The van der Waals surface area contributed by atoms with Crippen molar-refractivity contribution in [1.29, 1.82) is 0 Å². The molecule has 1 N–H and O–H groups in total. The number of benzene rings is 1. The van der Waals surface area contributed by atoms with E-state index in [4.69, 9.17) is 0 Å². The minimum Gasteiger partial charge on any atom is -0.696 e. The quantitative estimate of drug-likeness (QED) is 0.430. The van der Waals surface area contributed by atoms with Crippen LogP contribution in [-0.4, -0.2) is 11.9 Å². The number of nitrogens with one attached hydrogen (secondary N) is 1. The topological polar surface area (TPSA) is 50.5 Å². The van der Waals surface area contributed by atoms with E-state index < -0.39 is 0 Å². The summed E-state index contributed by atoms with van der Waals surface area (Å²) in [6.45, 7) is 3.94. The molecule has 0 bridgehead atoms. The summed E-state index contributed by atoms with van der Waals surface area (Å²) in [5.74, 6) is 0. The van der Waals surface area contributed by atoms with Gasteiger partial charge >= 0.3 is 0 Å². The summed E-state index contributed by atoms with van der Waals surface area (Å²) in [4.78, 5) is 0.492. The molecule has 4 heteroatoms. The fourth-order valence-corrected chi connectivity index (χ4v) is 1.11. The second-order valence-corrected chi connectivity index (χ2v) is 2.94. The number of aryl methyl sites for hydroxylation is 2. The van der Waals surface area contributed by atoms with Crippen molar-refractivity contribution in [1.82, 2.24) is 0 Å². The maximum Gasteiger partial charge on any atom is 0.152 e. The standard InChI is InChI=1S/C9H13N3O/c1-7-5-4-6-8(2)9(7)10-11-12(3)13/h4-6,10H,1-3H3/b12-11-. The minimum atomic E-state index is 0.492. The molecule has 70 valence electrons. The van der Waals surface area contributed by atoms with Crippen molar-refractivity contribution in [2.75, 3.05) is 12.5 Å². The maximum atomic E-state index is 10.5. The lowest BCUT2D eigenvalue weighted by atomic mass is 10.1. The SMILES string of the molecule is Cc1cccc(C)c1N/N=[N+](/C)[O-]. The second kappa shape index (κ2) is 3.89. The first-order valence-corrected chi connectivity index (χ1v) is 4.05. The van der Waals surface area contributed by atoms with Crippen LogP contribution in [0.5, 0.6) is 0 Å². The van der Waals surface area contributed by atoms with E-state index in [9.17, 15) is 5.21 Å². The van der Waals surface area contributed by atoms with Gasteiger partial charge in [0.2, 0.25) is 0 Å². The fraction of sp³-hybridized carbons (Fsp3) is 0.333. The summed E-state index contributed by atoms with van der Waals surface area (Å²) in [5.41, 5.74) is 5.76.